The molecule has 1 atom stereocenters. The summed E-state index contributed by atoms with van der Waals surface area (Å²) in [6.07, 6.45) is 2.68. The quantitative estimate of drug-likeness (QED) is 0.814. The first kappa shape index (κ1) is 14.1. The molecule has 1 unspecified atom stereocenters. The molecule has 1 aliphatic carbocycles. The third kappa shape index (κ3) is 3.10. The lowest BCUT2D eigenvalue weighted by Gasteiger charge is -2.24. The van der Waals surface area contributed by atoms with E-state index >= 15 is 0 Å². The number of hydrogen-bond acceptors (Lipinski definition) is 2. The predicted molar refractivity (Wildman–Crippen MR) is 89.1 cm³/mol. The van der Waals surface area contributed by atoms with Crippen LogP contribution in [0.15, 0.2) is 46.9 Å². The molecule has 21 heavy (non-hydrogen) atoms. The summed E-state index contributed by atoms with van der Waals surface area (Å²) in [5.74, 6) is 0.110. The number of nitrogen functional groups attached to an aromatic ring is 1. The molecule has 0 radical (unpaired) electrons. The molecule has 0 bridgehead atoms. The molecule has 2 aromatic rings. The Balaban J connectivity index is 1.72. The van der Waals surface area contributed by atoms with Crippen LogP contribution in [-0.2, 0) is 17.6 Å². The van der Waals surface area contributed by atoms with Gasteiger partial charge in [0, 0.05) is 16.1 Å². The lowest BCUT2D eigenvalue weighted by Crippen LogP contribution is -2.28. The molecular weight excluding hydrogens is 328 g/mol. The average molecular weight is 345 g/mol. The number of carbonyl (C=O) groups is 1. The number of aryl methyl sites for hydroxylation is 1. The van der Waals surface area contributed by atoms with Crippen molar-refractivity contribution in [2.75, 3.05) is 11.1 Å². The van der Waals surface area contributed by atoms with Crippen LogP contribution in [0.3, 0.4) is 0 Å². The van der Waals surface area contributed by atoms with Gasteiger partial charge in [-0.05, 0) is 64.5 Å². The standard InChI is InChI=1S/C17H17BrN2O/c18-15-10-14(19)7-8-16(15)20-17(21)13-6-5-11-3-1-2-4-12(11)9-13/h1-4,7-8,10,13H,5-6,9,19H2,(H,20,21). The number of benzene rings is 2. The summed E-state index contributed by atoms with van der Waals surface area (Å²) >= 11 is 3.43. The Bertz CT molecular complexity index is 684. The topological polar surface area (TPSA) is 55.1 Å². The number of rotatable bonds is 2. The molecular formula is C17H17BrN2O. The van der Waals surface area contributed by atoms with Gasteiger partial charge in [0.2, 0.25) is 5.91 Å². The minimum absolute atomic E-state index is 0.0318. The largest absolute Gasteiger partial charge is 0.399 e. The molecule has 0 aliphatic heterocycles. The molecule has 1 aliphatic rings. The number of hydrogen-bond donors (Lipinski definition) is 2. The Kier molecular flexibility index (Phi) is 3.97. The van der Waals surface area contributed by atoms with Crippen molar-refractivity contribution in [3.05, 3.63) is 58.1 Å². The van der Waals surface area contributed by atoms with Crippen molar-refractivity contribution in [1.29, 1.82) is 0 Å². The summed E-state index contributed by atoms with van der Waals surface area (Å²) in [6.45, 7) is 0. The van der Waals surface area contributed by atoms with E-state index in [1.165, 1.54) is 11.1 Å². The van der Waals surface area contributed by atoms with E-state index in [9.17, 15) is 4.79 Å². The molecule has 3 nitrogen and oxygen atoms in total. The first-order valence-corrected chi connectivity index (χ1v) is 7.85. The molecule has 0 aromatic heterocycles. The average Bonchev–Trinajstić information content (AvgIpc) is 2.49. The van der Waals surface area contributed by atoms with Crippen molar-refractivity contribution in [2.45, 2.75) is 19.3 Å². The maximum atomic E-state index is 12.5. The SMILES string of the molecule is Nc1ccc(NC(=O)C2CCc3ccccc3C2)c(Br)c1. The maximum absolute atomic E-state index is 12.5. The van der Waals surface area contributed by atoms with Crippen LogP contribution in [0.4, 0.5) is 11.4 Å². The second-order valence-corrected chi connectivity index (χ2v) is 6.29. The Labute approximate surface area is 132 Å². The fraction of sp³-hybridized carbons (Fsp3) is 0.235. The minimum atomic E-state index is 0.0318. The van der Waals surface area contributed by atoms with E-state index in [1.54, 1.807) is 12.1 Å². The van der Waals surface area contributed by atoms with Gasteiger partial charge in [-0.1, -0.05) is 24.3 Å². The Hall–Kier alpha value is -1.81. The number of anilines is 2. The molecule has 4 heteroatoms. The molecule has 108 valence electrons. The van der Waals surface area contributed by atoms with E-state index in [2.05, 4.69) is 39.4 Å². The van der Waals surface area contributed by atoms with Crippen LogP contribution in [0.1, 0.15) is 17.5 Å². The number of fused-ring (bicyclic) bond motifs is 1. The molecule has 0 fully saturated rings. The highest BCUT2D eigenvalue weighted by atomic mass is 79.9. The van der Waals surface area contributed by atoms with E-state index in [-0.39, 0.29) is 11.8 Å². The number of nitrogens with two attached hydrogens (primary N) is 1. The van der Waals surface area contributed by atoms with Crippen molar-refractivity contribution in [1.82, 2.24) is 0 Å². The summed E-state index contributed by atoms with van der Waals surface area (Å²) in [5, 5.41) is 3.00. The maximum Gasteiger partial charge on any atom is 0.227 e. The van der Waals surface area contributed by atoms with Crippen LogP contribution in [0, 0.1) is 5.92 Å². The zero-order valence-electron chi connectivity index (χ0n) is 11.6. The van der Waals surface area contributed by atoms with Gasteiger partial charge in [0.15, 0.2) is 0 Å². The van der Waals surface area contributed by atoms with Crippen LogP contribution >= 0.6 is 15.9 Å². The summed E-state index contributed by atoms with van der Waals surface area (Å²) in [7, 11) is 0. The summed E-state index contributed by atoms with van der Waals surface area (Å²) in [5.41, 5.74) is 9.82. The van der Waals surface area contributed by atoms with E-state index in [4.69, 9.17) is 5.73 Å². The van der Waals surface area contributed by atoms with Crippen LogP contribution < -0.4 is 11.1 Å². The monoisotopic (exact) mass is 344 g/mol. The molecule has 0 spiro atoms. The minimum Gasteiger partial charge on any atom is -0.399 e. The molecule has 0 saturated heterocycles. The third-order valence-corrected chi connectivity index (χ3v) is 4.62. The Morgan fingerprint density at radius 3 is 2.71 bits per heavy atom. The molecule has 3 N–H and O–H groups in total. The van der Waals surface area contributed by atoms with E-state index in [1.807, 2.05) is 12.1 Å². The second-order valence-electron chi connectivity index (χ2n) is 5.44. The van der Waals surface area contributed by atoms with Crippen LogP contribution in [0.5, 0.6) is 0 Å². The summed E-state index contributed by atoms with van der Waals surface area (Å²) < 4.78 is 0.812. The predicted octanol–water partition coefficient (Wildman–Crippen LogP) is 3.77. The van der Waals surface area contributed by atoms with Gasteiger partial charge in [0.25, 0.3) is 0 Å². The number of carbonyl (C=O) groups excluding carboxylic acids is 1. The fourth-order valence-electron chi connectivity index (χ4n) is 2.79. The van der Waals surface area contributed by atoms with Gasteiger partial charge in [-0.3, -0.25) is 4.79 Å². The van der Waals surface area contributed by atoms with Gasteiger partial charge >= 0.3 is 0 Å². The summed E-state index contributed by atoms with van der Waals surface area (Å²) in [6, 6.07) is 13.8. The van der Waals surface area contributed by atoms with Gasteiger partial charge in [-0.25, -0.2) is 0 Å². The molecule has 1 amide bonds. The smallest absolute Gasteiger partial charge is 0.227 e. The Morgan fingerprint density at radius 1 is 1.19 bits per heavy atom. The third-order valence-electron chi connectivity index (χ3n) is 3.97. The van der Waals surface area contributed by atoms with Gasteiger partial charge in [0.1, 0.15) is 0 Å². The van der Waals surface area contributed by atoms with Crippen molar-refractivity contribution >= 4 is 33.2 Å². The molecule has 0 saturated carbocycles. The molecule has 3 rings (SSSR count). The first-order valence-electron chi connectivity index (χ1n) is 7.06. The van der Waals surface area contributed by atoms with E-state index < -0.39 is 0 Å². The normalized spacial score (nSPS) is 17.1. The Morgan fingerprint density at radius 2 is 1.95 bits per heavy atom. The van der Waals surface area contributed by atoms with Crippen LogP contribution in [-0.4, -0.2) is 5.91 Å². The molecule has 0 heterocycles. The van der Waals surface area contributed by atoms with Crippen molar-refractivity contribution in [3.8, 4) is 0 Å². The highest BCUT2D eigenvalue weighted by Crippen LogP contribution is 2.29. The van der Waals surface area contributed by atoms with E-state index in [0.29, 0.717) is 5.69 Å². The van der Waals surface area contributed by atoms with Crippen molar-refractivity contribution in [3.63, 3.8) is 0 Å². The van der Waals surface area contributed by atoms with Gasteiger partial charge in [-0.2, -0.15) is 0 Å². The zero-order chi connectivity index (χ0) is 14.8. The van der Waals surface area contributed by atoms with Crippen LogP contribution in [0.2, 0.25) is 0 Å². The second kappa shape index (κ2) is 5.90. The van der Waals surface area contributed by atoms with Gasteiger partial charge < -0.3 is 11.1 Å². The number of halogens is 1. The van der Waals surface area contributed by atoms with Gasteiger partial charge in [-0.15, -0.1) is 0 Å². The van der Waals surface area contributed by atoms with E-state index in [0.717, 1.165) is 29.4 Å². The number of nitrogens with one attached hydrogen (secondary N) is 1. The lowest BCUT2D eigenvalue weighted by molar-refractivity contribution is -0.120. The summed E-state index contributed by atoms with van der Waals surface area (Å²) in [4.78, 5) is 12.5. The molecule has 2 aromatic carbocycles. The first-order chi connectivity index (χ1) is 10.1. The fourth-order valence-corrected chi connectivity index (χ4v) is 3.28. The lowest BCUT2D eigenvalue weighted by atomic mass is 9.83. The van der Waals surface area contributed by atoms with Gasteiger partial charge in [0.05, 0.1) is 5.69 Å². The van der Waals surface area contributed by atoms with Crippen molar-refractivity contribution in [2.24, 2.45) is 5.92 Å². The van der Waals surface area contributed by atoms with Crippen molar-refractivity contribution < 1.29 is 4.79 Å². The highest BCUT2D eigenvalue weighted by molar-refractivity contribution is 9.10. The highest BCUT2D eigenvalue weighted by Gasteiger charge is 2.24. The zero-order valence-corrected chi connectivity index (χ0v) is 13.2. The number of amides is 1. The van der Waals surface area contributed by atoms with Crippen LogP contribution in [0.25, 0.3) is 0 Å².